The van der Waals surface area contributed by atoms with Gasteiger partial charge in [-0.15, -0.1) is 22.9 Å². The summed E-state index contributed by atoms with van der Waals surface area (Å²) in [5, 5.41) is 12.1. The average molecular weight is 228 g/mol. The van der Waals surface area contributed by atoms with Gasteiger partial charge < -0.3 is 10.8 Å². The molecule has 0 spiro atoms. The molecular formula is C10H10ClNOS. The van der Waals surface area contributed by atoms with Crippen molar-refractivity contribution >= 4 is 38.7 Å². The first-order valence-corrected chi connectivity index (χ1v) is 5.63. The lowest BCUT2D eigenvalue weighted by Crippen LogP contribution is -1.91. The number of anilines is 1. The molecule has 1 aromatic heterocycles. The van der Waals surface area contributed by atoms with Crippen LogP contribution in [0.5, 0.6) is 0 Å². The first-order valence-electron chi connectivity index (χ1n) is 4.21. The standard InChI is InChI=1S/C10H10ClNOS/c11-3-6-1-8-7(4-13)5-14-10(8)2-9(6)12/h1-2,5,13H,3-4,12H2. The molecule has 0 saturated heterocycles. The van der Waals surface area contributed by atoms with Gasteiger partial charge in [-0.05, 0) is 34.0 Å². The highest BCUT2D eigenvalue weighted by molar-refractivity contribution is 7.17. The normalized spacial score (nSPS) is 11.0. The van der Waals surface area contributed by atoms with Crippen LogP contribution in [0.3, 0.4) is 0 Å². The fourth-order valence-electron chi connectivity index (χ4n) is 1.43. The number of hydrogen-bond donors (Lipinski definition) is 2. The van der Waals surface area contributed by atoms with E-state index < -0.39 is 0 Å². The van der Waals surface area contributed by atoms with Crippen LogP contribution >= 0.6 is 22.9 Å². The monoisotopic (exact) mass is 227 g/mol. The molecule has 0 amide bonds. The topological polar surface area (TPSA) is 46.2 Å². The van der Waals surface area contributed by atoms with E-state index >= 15 is 0 Å². The first kappa shape index (κ1) is 9.77. The lowest BCUT2D eigenvalue weighted by atomic mass is 10.1. The third-order valence-corrected chi connectivity index (χ3v) is 3.51. The zero-order chi connectivity index (χ0) is 10.1. The third-order valence-electron chi connectivity index (χ3n) is 2.23. The minimum atomic E-state index is 0.0612. The van der Waals surface area contributed by atoms with Crippen LogP contribution in [0, 0.1) is 0 Å². The Bertz CT molecular complexity index is 466. The van der Waals surface area contributed by atoms with Gasteiger partial charge in [0.25, 0.3) is 0 Å². The largest absolute Gasteiger partial charge is 0.398 e. The second-order valence-corrected chi connectivity index (χ2v) is 4.28. The van der Waals surface area contributed by atoms with Crippen LogP contribution in [-0.2, 0) is 12.5 Å². The van der Waals surface area contributed by atoms with E-state index in [0.29, 0.717) is 5.88 Å². The van der Waals surface area contributed by atoms with Gasteiger partial charge in [0, 0.05) is 16.3 Å². The zero-order valence-corrected chi connectivity index (χ0v) is 9.03. The van der Waals surface area contributed by atoms with Gasteiger partial charge >= 0.3 is 0 Å². The SMILES string of the molecule is Nc1cc2scc(CO)c2cc1CCl. The Morgan fingerprint density at radius 2 is 2.14 bits per heavy atom. The van der Waals surface area contributed by atoms with Gasteiger partial charge in [-0.3, -0.25) is 0 Å². The Balaban J connectivity index is 2.70. The average Bonchev–Trinajstić information content (AvgIpc) is 2.58. The minimum Gasteiger partial charge on any atom is -0.398 e. The molecule has 4 heteroatoms. The Morgan fingerprint density at radius 1 is 1.36 bits per heavy atom. The van der Waals surface area contributed by atoms with Gasteiger partial charge in [0.05, 0.1) is 6.61 Å². The molecule has 0 aliphatic heterocycles. The van der Waals surface area contributed by atoms with Crippen molar-refractivity contribution in [2.24, 2.45) is 0 Å². The smallest absolute Gasteiger partial charge is 0.0696 e. The van der Waals surface area contributed by atoms with Gasteiger partial charge in [0.1, 0.15) is 0 Å². The van der Waals surface area contributed by atoms with E-state index in [1.54, 1.807) is 11.3 Å². The molecule has 0 aliphatic carbocycles. The molecule has 1 heterocycles. The highest BCUT2D eigenvalue weighted by atomic mass is 35.5. The van der Waals surface area contributed by atoms with E-state index in [0.717, 1.165) is 26.9 Å². The summed E-state index contributed by atoms with van der Waals surface area (Å²) in [6.45, 7) is 0.0612. The van der Waals surface area contributed by atoms with E-state index in [9.17, 15) is 0 Å². The maximum atomic E-state index is 9.10. The van der Waals surface area contributed by atoms with Gasteiger partial charge in [-0.2, -0.15) is 0 Å². The Hall–Kier alpha value is -0.770. The number of benzene rings is 1. The summed E-state index contributed by atoms with van der Waals surface area (Å²) in [7, 11) is 0. The van der Waals surface area contributed by atoms with Crippen molar-refractivity contribution in [2.75, 3.05) is 5.73 Å². The van der Waals surface area contributed by atoms with Gasteiger partial charge in [0.2, 0.25) is 0 Å². The second-order valence-electron chi connectivity index (χ2n) is 3.10. The summed E-state index contributed by atoms with van der Waals surface area (Å²) in [5.41, 5.74) is 8.39. The third kappa shape index (κ3) is 1.47. The number of nitrogen functional groups attached to an aromatic ring is 1. The van der Waals surface area contributed by atoms with Crippen molar-refractivity contribution in [3.8, 4) is 0 Å². The summed E-state index contributed by atoms with van der Waals surface area (Å²) in [4.78, 5) is 0. The molecular weight excluding hydrogens is 218 g/mol. The number of aliphatic hydroxyl groups excluding tert-OH is 1. The fourth-order valence-corrected chi connectivity index (χ4v) is 2.64. The number of hydrogen-bond acceptors (Lipinski definition) is 3. The molecule has 0 aliphatic rings. The summed E-state index contributed by atoms with van der Waals surface area (Å²) < 4.78 is 1.10. The molecule has 2 rings (SSSR count). The lowest BCUT2D eigenvalue weighted by Gasteiger charge is -2.02. The van der Waals surface area contributed by atoms with Crippen LogP contribution in [0.2, 0.25) is 0 Å². The molecule has 74 valence electrons. The number of thiophene rings is 1. The quantitative estimate of drug-likeness (QED) is 0.612. The molecule has 2 nitrogen and oxygen atoms in total. The summed E-state index contributed by atoms with van der Waals surface area (Å²) in [5.74, 6) is 0.405. The molecule has 2 aromatic rings. The van der Waals surface area contributed by atoms with E-state index in [2.05, 4.69) is 0 Å². The zero-order valence-electron chi connectivity index (χ0n) is 7.46. The predicted octanol–water partition coefficient (Wildman–Crippen LogP) is 2.71. The number of alkyl halides is 1. The van der Waals surface area contributed by atoms with Gasteiger partial charge in [-0.25, -0.2) is 0 Å². The van der Waals surface area contributed by atoms with E-state index in [4.69, 9.17) is 22.4 Å². The molecule has 0 fully saturated rings. The van der Waals surface area contributed by atoms with Crippen LogP contribution in [0.1, 0.15) is 11.1 Å². The molecule has 3 N–H and O–H groups in total. The Morgan fingerprint density at radius 3 is 2.79 bits per heavy atom. The highest BCUT2D eigenvalue weighted by Crippen LogP contribution is 2.30. The maximum Gasteiger partial charge on any atom is 0.0696 e. The molecule has 0 saturated carbocycles. The fraction of sp³-hybridized carbons (Fsp3) is 0.200. The van der Waals surface area contributed by atoms with Crippen LogP contribution in [0.15, 0.2) is 17.5 Å². The van der Waals surface area contributed by atoms with Crippen LogP contribution in [0.25, 0.3) is 10.1 Å². The van der Waals surface area contributed by atoms with Crippen molar-refractivity contribution in [1.82, 2.24) is 0 Å². The summed E-state index contributed by atoms with van der Waals surface area (Å²) >= 11 is 7.34. The van der Waals surface area contributed by atoms with E-state index in [1.165, 1.54) is 0 Å². The van der Waals surface area contributed by atoms with Crippen molar-refractivity contribution in [3.05, 3.63) is 28.6 Å². The van der Waals surface area contributed by atoms with Gasteiger partial charge in [0.15, 0.2) is 0 Å². The van der Waals surface area contributed by atoms with Crippen molar-refractivity contribution in [1.29, 1.82) is 0 Å². The summed E-state index contributed by atoms with van der Waals surface area (Å²) in [6.07, 6.45) is 0. The van der Waals surface area contributed by atoms with Crippen LogP contribution < -0.4 is 5.73 Å². The lowest BCUT2D eigenvalue weighted by molar-refractivity contribution is 0.284. The Kier molecular flexibility index (Phi) is 2.63. The van der Waals surface area contributed by atoms with Crippen molar-refractivity contribution < 1.29 is 5.11 Å². The molecule has 0 atom stereocenters. The molecule has 0 unspecified atom stereocenters. The van der Waals surface area contributed by atoms with Crippen LogP contribution in [-0.4, -0.2) is 5.11 Å². The van der Waals surface area contributed by atoms with Gasteiger partial charge in [-0.1, -0.05) is 0 Å². The number of nitrogens with two attached hydrogens (primary N) is 1. The Labute approximate surface area is 90.9 Å². The predicted molar refractivity (Wildman–Crippen MR) is 61.7 cm³/mol. The number of halogens is 1. The molecule has 14 heavy (non-hydrogen) atoms. The van der Waals surface area contributed by atoms with E-state index in [1.807, 2.05) is 17.5 Å². The number of fused-ring (bicyclic) bond motifs is 1. The van der Waals surface area contributed by atoms with Crippen LogP contribution in [0.4, 0.5) is 5.69 Å². The maximum absolute atomic E-state index is 9.10. The minimum absolute atomic E-state index is 0.0612. The number of rotatable bonds is 2. The second kappa shape index (κ2) is 3.77. The number of aliphatic hydroxyl groups is 1. The highest BCUT2D eigenvalue weighted by Gasteiger charge is 2.06. The summed E-state index contributed by atoms with van der Waals surface area (Å²) in [6, 6.07) is 3.87. The van der Waals surface area contributed by atoms with E-state index in [-0.39, 0.29) is 6.61 Å². The van der Waals surface area contributed by atoms with Crippen molar-refractivity contribution in [2.45, 2.75) is 12.5 Å². The molecule has 0 radical (unpaired) electrons. The first-order chi connectivity index (χ1) is 6.76. The molecule has 0 bridgehead atoms. The van der Waals surface area contributed by atoms with Crippen molar-refractivity contribution in [3.63, 3.8) is 0 Å². The molecule has 1 aromatic carbocycles.